The molecule has 3 heteroatoms. The summed E-state index contributed by atoms with van der Waals surface area (Å²) in [5.74, 6) is -0.147. The Morgan fingerprint density at radius 2 is 1.86 bits per heavy atom. The Morgan fingerprint density at radius 1 is 1.29 bits per heavy atom. The van der Waals surface area contributed by atoms with Gasteiger partial charge in [0.1, 0.15) is 0 Å². The summed E-state index contributed by atoms with van der Waals surface area (Å²) in [7, 11) is 1.43. The third-order valence-electron chi connectivity index (χ3n) is 2.26. The van der Waals surface area contributed by atoms with Crippen LogP contribution in [0.15, 0.2) is 30.3 Å². The topological polar surface area (TPSA) is 38.3 Å². The molecule has 76 valence electrons. The van der Waals surface area contributed by atoms with Crippen LogP contribution in [-0.4, -0.2) is 13.0 Å². The second-order valence-corrected chi connectivity index (χ2v) is 3.63. The Hall–Kier alpha value is -1.35. The molecular formula is C11H15NO2. The average Bonchev–Trinajstić information content (AvgIpc) is 2.19. The number of hydrogen-bond donors (Lipinski definition) is 1. The first-order valence-electron chi connectivity index (χ1n) is 4.48. The molecule has 0 bridgehead atoms. The highest BCUT2D eigenvalue weighted by atomic mass is 16.6. The van der Waals surface area contributed by atoms with Crippen LogP contribution < -0.4 is 5.48 Å². The van der Waals surface area contributed by atoms with Crippen molar-refractivity contribution >= 4 is 5.91 Å². The molecule has 1 N–H and O–H groups in total. The van der Waals surface area contributed by atoms with Crippen molar-refractivity contribution in [1.29, 1.82) is 0 Å². The molecule has 0 aromatic heterocycles. The fourth-order valence-corrected chi connectivity index (χ4v) is 1.21. The van der Waals surface area contributed by atoms with Crippen molar-refractivity contribution in [3.63, 3.8) is 0 Å². The van der Waals surface area contributed by atoms with Gasteiger partial charge in [0.05, 0.1) is 12.5 Å². The van der Waals surface area contributed by atoms with E-state index >= 15 is 0 Å². The summed E-state index contributed by atoms with van der Waals surface area (Å²) in [5, 5.41) is 0. The standard InChI is InChI=1S/C11H15NO2/c1-11(2,10(13)12-14-3)9-7-5-4-6-8-9/h4-8H,1-3H3,(H,12,13). The lowest BCUT2D eigenvalue weighted by molar-refractivity contribution is -0.136. The van der Waals surface area contributed by atoms with Gasteiger partial charge in [0.25, 0.3) is 5.91 Å². The Bertz CT molecular complexity index is 306. The van der Waals surface area contributed by atoms with Gasteiger partial charge in [-0.15, -0.1) is 0 Å². The van der Waals surface area contributed by atoms with Gasteiger partial charge in [0.15, 0.2) is 0 Å². The highest BCUT2D eigenvalue weighted by molar-refractivity contribution is 5.86. The van der Waals surface area contributed by atoms with Crippen LogP contribution >= 0.6 is 0 Å². The Balaban J connectivity index is 2.90. The summed E-state index contributed by atoms with van der Waals surface area (Å²) in [5.41, 5.74) is 2.74. The third kappa shape index (κ3) is 2.12. The predicted molar refractivity (Wildman–Crippen MR) is 54.6 cm³/mol. The molecule has 0 saturated carbocycles. The van der Waals surface area contributed by atoms with Gasteiger partial charge in [-0.1, -0.05) is 30.3 Å². The zero-order valence-corrected chi connectivity index (χ0v) is 8.70. The highest BCUT2D eigenvalue weighted by Crippen LogP contribution is 2.22. The van der Waals surface area contributed by atoms with Crippen LogP contribution in [-0.2, 0) is 15.0 Å². The SMILES string of the molecule is CONC(=O)C(C)(C)c1ccccc1. The lowest BCUT2D eigenvalue weighted by Crippen LogP contribution is -2.39. The smallest absolute Gasteiger partial charge is 0.253 e. The Kier molecular flexibility index (Phi) is 3.25. The average molecular weight is 193 g/mol. The van der Waals surface area contributed by atoms with E-state index in [0.29, 0.717) is 0 Å². The molecule has 0 saturated heterocycles. The second kappa shape index (κ2) is 4.24. The lowest BCUT2D eigenvalue weighted by atomic mass is 9.84. The zero-order chi connectivity index (χ0) is 10.6. The first kappa shape index (κ1) is 10.7. The van der Waals surface area contributed by atoms with Crippen LogP contribution in [0.25, 0.3) is 0 Å². The molecule has 0 aliphatic heterocycles. The molecule has 0 unspecified atom stereocenters. The number of hydrogen-bond acceptors (Lipinski definition) is 2. The molecule has 0 atom stereocenters. The quantitative estimate of drug-likeness (QED) is 0.741. The summed E-state index contributed by atoms with van der Waals surface area (Å²) < 4.78 is 0. The van der Waals surface area contributed by atoms with Crippen molar-refractivity contribution in [1.82, 2.24) is 5.48 Å². The van der Waals surface area contributed by atoms with E-state index in [-0.39, 0.29) is 5.91 Å². The maximum atomic E-state index is 11.6. The minimum atomic E-state index is -0.572. The summed E-state index contributed by atoms with van der Waals surface area (Å²) in [6.07, 6.45) is 0. The van der Waals surface area contributed by atoms with Crippen LogP contribution in [0.1, 0.15) is 19.4 Å². The molecule has 1 amide bonds. The summed E-state index contributed by atoms with van der Waals surface area (Å²) >= 11 is 0. The largest absolute Gasteiger partial charge is 0.277 e. The molecule has 3 nitrogen and oxygen atoms in total. The second-order valence-electron chi connectivity index (χ2n) is 3.63. The fourth-order valence-electron chi connectivity index (χ4n) is 1.21. The summed E-state index contributed by atoms with van der Waals surface area (Å²) in [6.45, 7) is 3.72. The maximum absolute atomic E-state index is 11.6. The van der Waals surface area contributed by atoms with Gasteiger partial charge < -0.3 is 0 Å². The van der Waals surface area contributed by atoms with Crippen LogP contribution in [0.2, 0.25) is 0 Å². The zero-order valence-electron chi connectivity index (χ0n) is 8.70. The Morgan fingerprint density at radius 3 is 2.36 bits per heavy atom. The van der Waals surface area contributed by atoms with Crippen molar-refractivity contribution in [2.24, 2.45) is 0 Å². The molecule has 0 fully saturated rings. The van der Waals surface area contributed by atoms with Crippen molar-refractivity contribution in [2.45, 2.75) is 19.3 Å². The van der Waals surface area contributed by atoms with Gasteiger partial charge in [0, 0.05) is 0 Å². The van der Waals surface area contributed by atoms with Gasteiger partial charge >= 0.3 is 0 Å². The molecular weight excluding hydrogens is 178 g/mol. The van der Waals surface area contributed by atoms with Gasteiger partial charge in [-0.05, 0) is 19.4 Å². The monoisotopic (exact) mass is 193 g/mol. The molecule has 0 spiro atoms. The van der Waals surface area contributed by atoms with Crippen LogP contribution in [0.4, 0.5) is 0 Å². The van der Waals surface area contributed by atoms with Gasteiger partial charge in [-0.2, -0.15) is 0 Å². The third-order valence-corrected chi connectivity index (χ3v) is 2.26. The number of rotatable bonds is 3. The van der Waals surface area contributed by atoms with Gasteiger partial charge in [-0.25, -0.2) is 5.48 Å². The number of benzene rings is 1. The van der Waals surface area contributed by atoms with E-state index in [1.165, 1.54) is 7.11 Å². The van der Waals surface area contributed by atoms with Gasteiger partial charge in [0.2, 0.25) is 0 Å². The van der Waals surface area contributed by atoms with E-state index < -0.39 is 5.41 Å². The molecule has 1 rings (SSSR count). The molecule has 1 aromatic carbocycles. The van der Waals surface area contributed by atoms with Crippen LogP contribution in [0.5, 0.6) is 0 Å². The number of carbonyl (C=O) groups excluding carboxylic acids is 1. The van der Waals surface area contributed by atoms with Crippen molar-refractivity contribution < 1.29 is 9.63 Å². The van der Waals surface area contributed by atoms with Gasteiger partial charge in [-0.3, -0.25) is 9.63 Å². The molecule has 1 aromatic rings. The first-order valence-corrected chi connectivity index (χ1v) is 4.48. The van der Waals surface area contributed by atoms with Crippen LogP contribution in [0, 0.1) is 0 Å². The minimum absolute atomic E-state index is 0.147. The number of nitrogens with one attached hydrogen (secondary N) is 1. The highest BCUT2D eigenvalue weighted by Gasteiger charge is 2.29. The summed E-state index contributed by atoms with van der Waals surface area (Å²) in [4.78, 5) is 16.2. The fraction of sp³-hybridized carbons (Fsp3) is 0.364. The minimum Gasteiger partial charge on any atom is -0.277 e. The van der Waals surface area contributed by atoms with E-state index in [4.69, 9.17) is 0 Å². The first-order chi connectivity index (χ1) is 6.59. The van der Waals surface area contributed by atoms with E-state index in [2.05, 4.69) is 10.3 Å². The molecule has 0 heterocycles. The van der Waals surface area contributed by atoms with E-state index in [1.54, 1.807) is 0 Å². The maximum Gasteiger partial charge on any atom is 0.253 e. The normalized spacial score (nSPS) is 11.1. The van der Waals surface area contributed by atoms with E-state index in [9.17, 15) is 4.79 Å². The molecule has 14 heavy (non-hydrogen) atoms. The molecule has 0 aliphatic carbocycles. The van der Waals surface area contributed by atoms with E-state index in [1.807, 2.05) is 44.2 Å². The molecule has 0 aliphatic rings. The summed E-state index contributed by atoms with van der Waals surface area (Å²) in [6, 6.07) is 9.60. The van der Waals surface area contributed by atoms with Crippen molar-refractivity contribution in [3.05, 3.63) is 35.9 Å². The number of carbonyl (C=O) groups is 1. The van der Waals surface area contributed by atoms with Crippen LogP contribution in [0.3, 0.4) is 0 Å². The van der Waals surface area contributed by atoms with Crippen molar-refractivity contribution in [3.8, 4) is 0 Å². The van der Waals surface area contributed by atoms with E-state index in [0.717, 1.165) is 5.56 Å². The predicted octanol–water partition coefficient (Wildman–Crippen LogP) is 1.64. The lowest BCUT2D eigenvalue weighted by Gasteiger charge is -2.23. The number of amides is 1. The number of hydroxylamine groups is 1. The van der Waals surface area contributed by atoms with Crippen molar-refractivity contribution in [2.75, 3.05) is 7.11 Å². The molecule has 0 radical (unpaired) electrons. The Labute approximate surface area is 84.0 Å².